The molecule has 0 radical (unpaired) electrons. The molecule has 1 unspecified atom stereocenters. The third kappa shape index (κ3) is 2.66. The van der Waals surface area contributed by atoms with E-state index in [9.17, 15) is 10.2 Å². The Morgan fingerprint density at radius 3 is 2.19 bits per heavy atom. The van der Waals surface area contributed by atoms with Crippen LogP contribution in [0.4, 0.5) is 0 Å². The van der Waals surface area contributed by atoms with Crippen molar-refractivity contribution in [2.75, 3.05) is 6.61 Å². The molecular formula is C30H50O2. The Balaban J connectivity index is 1.55. The van der Waals surface area contributed by atoms with Crippen LogP contribution >= 0.6 is 0 Å². The van der Waals surface area contributed by atoms with Crippen molar-refractivity contribution in [2.45, 2.75) is 112 Å². The lowest BCUT2D eigenvalue weighted by molar-refractivity contribution is -0.249. The van der Waals surface area contributed by atoms with Crippen molar-refractivity contribution in [2.24, 2.45) is 56.7 Å². The molecule has 32 heavy (non-hydrogen) atoms. The number of aliphatic hydroxyl groups is 2. The summed E-state index contributed by atoms with van der Waals surface area (Å²) < 4.78 is 0. The Morgan fingerprint density at radius 1 is 0.812 bits per heavy atom. The summed E-state index contributed by atoms with van der Waals surface area (Å²) in [7, 11) is 0. The van der Waals surface area contributed by atoms with Gasteiger partial charge in [0.25, 0.3) is 0 Å². The molecule has 0 saturated heterocycles. The van der Waals surface area contributed by atoms with Crippen molar-refractivity contribution in [3.05, 3.63) is 12.2 Å². The van der Waals surface area contributed by atoms with Crippen LogP contribution in [-0.4, -0.2) is 22.9 Å². The van der Waals surface area contributed by atoms with Gasteiger partial charge in [-0.25, -0.2) is 0 Å². The van der Waals surface area contributed by atoms with Gasteiger partial charge in [0, 0.05) is 6.61 Å². The molecule has 0 heterocycles. The van der Waals surface area contributed by atoms with Crippen molar-refractivity contribution in [1.82, 2.24) is 0 Å². The van der Waals surface area contributed by atoms with Gasteiger partial charge in [-0.2, -0.15) is 0 Å². The third-order valence-electron chi connectivity index (χ3n) is 13.5. The zero-order valence-electron chi connectivity index (χ0n) is 21.8. The van der Waals surface area contributed by atoms with Crippen LogP contribution in [0.5, 0.6) is 0 Å². The zero-order chi connectivity index (χ0) is 23.3. The fraction of sp³-hybridized carbons (Fsp3) is 0.933. The van der Waals surface area contributed by atoms with Gasteiger partial charge < -0.3 is 10.2 Å². The van der Waals surface area contributed by atoms with Gasteiger partial charge in [-0.15, -0.1) is 0 Å². The second-order valence-electron chi connectivity index (χ2n) is 14.6. The Morgan fingerprint density at radius 2 is 1.53 bits per heavy atom. The summed E-state index contributed by atoms with van der Waals surface area (Å²) in [4.78, 5) is 0. The van der Waals surface area contributed by atoms with Gasteiger partial charge in [-0.05, 0) is 128 Å². The van der Waals surface area contributed by atoms with E-state index in [2.05, 4.69) is 48.1 Å². The summed E-state index contributed by atoms with van der Waals surface area (Å²) >= 11 is 0. The van der Waals surface area contributed by atoms with E-state index in [1.165, 1.54) is 63.4 Å². The highest BCUT2D eigenvalue weighted by Crippen LogP contribution is 2.77. The average molecular weight is 443 g/mol. The summed E-state index contributed by atoms with van der Waals surface area (Å²) in [6.45, 7) is 19.7. The first-order chi connectivity index (χ1) is 14.9. The van der Waals surface area contributed by atoms with E-state index in [4.69, 9.17) is 0 Å². The summed E-state index contributed by atoms with van der Waals surface area (Å²) in [5.74, 6) is 3.33. The molecule has 5 fully saturated rings. The molecule has 2 nitrogen and oxygen atoms in total. The number of fused-ring (bicyclic) bond motifs is 7. The molecule has 0 aromatic rings. The van der Waals surface area contributed by atoms with E-state index in [0.717, 1.165) is 18.3 Å². The predicted molar refractivity (Wildman–Crippen MR) is 132 cm³/mol. The molecule has 0 spiro atoms. The normalized spacial score (nSPS) is 56.5. The Bertz CT molecular complexity index is 786. The number of aliphatic hydroxyl groups excluding tert-OH is 2. The Hall–Kier alpha value is -0.340. The fourth-order valence-electron chi connectivity index (χ4n) is 11.5. The monoisotopic (exact) mass is 442 g/mol. The molecule has 0 bridgehead atoms. The highest BCUT2D eigenvalue weighted by molar-refractivity contribution is 5.21. The smallest absolute Gasteiger partial charge is 0.0594 e. The molecule has 2 heteroatoms. The highest BCUT2D eigenvalue weighted by atomic mass is 16.3. The molecule has 0 aromatic heterocycles. The van der Waals surface area contributed by atoms with Gasteiger partial charge in [-0.3, -0.25) is 0 Å². The SMILES string of the molecule is C=C(C)[C@@H]1CC[C@]2(CO)CC[C@]3(C)[C@H](CC[C@H]4C3(C)CC[C@H]3C(C)(C)[C@@H](O)CC[C@@]34C)[C@@H]12. The molecule has 2 N–H and O–H groups in total. The molecule has 182 valence electrons. The number of allylic oxidation sites excluding steroid dienone is 1. The minimum Gasteiger partial charge on any atom is -0.396 e. The van der Waals surface area contributed by atoms with Gasteiger partial charge in [0.1, 0.15) is 0 Å². The molecular weight excluding hydrogens is 392 g/mol. The van der Waals surface area contributed by atoms with E-state index in [1.54, 1.807) is 0 Å². The molecule has 0 amide bonds. The van der Waals surface area contributed by atoms with Gasteiger partial charge >= 0.3 is 0 Å². The fourth-order valence-corrected chi connectivity index (χ4v) is 11.5. The maximum absolute atomic E-state index is 10.9. The molecule has 10 atom stereocenters. The molecule has 5 rings (SSSR count). The first-order valence-electron chi connectivity index (χ1n) is 13.8. The number of rotatable bonds is 2. The van der Waals surface area contributed by atoms with Crippen molar-refractivity contribution in [1.29, 1.82) is 0 Å². The van der Waals surface area contributed by atoms with Crippen LogP contribution in [0.2, 0.25) is 0 Å². The van der Waals surface area contributed by atoms with Crippen molar-refractivity contribution in [3.63, 3.8) is 0 Å². The first kappa shape index (κ1) is 23.4. The van der Waals surface area contributed by atoms with E-state index in [1.807, 2.05) is 0 Å². The largest absolute Gasteiger partial charge is 0.396 e. The lowest BCUT2D eigenvalue weighted by Crippen LogP contribution is -2.66. The van der Waals surface area contributed by atoms with E-state index in [0.29, 0.717) is 40.6 Å². The van der Waals surface area contributed by atoms with E-state index >= 15 is 0 Å². The van der Waals surface area contributed by atoms with Crippen LogP contribution in [0.3, 0.4) is 0 Å². The van der Waals surface area contributed by atoms with Crippen LogP contribution in [0.25, 0.3) is 0 Å². The van der Waals surface area contributed by atoms with Gasteiger partial charge in [-0.1, -0.05) is 46.8 Å². The second kappa shape index (κ2) is 7.09. The van der Waals surface area contributed by atoms with Gasteiger partial charge in [0.2, 0.25) is 0 Å². The highest BCUT2D eigenvalue weighted by Gasteiger charge is 2.70. The van der Waals surface area contributed by atoms with Crippen molar-refractivity contribution < 1.29 is 10.2 Å². The zero-order valence-corrected chi connectivity index (χ0v) is 21.8. The quantitative estimate of drug-likeness (QED) is 0.452. The van der Waals surface area contributed by atoms with E-state index < -0.39 is 0 Å². The topological polar surface area (TPSA) is 40.5 Å². The molecule has 0 aliphatic heterocycles. The van der Waals surface area contributed by atoms with Crippen molar-refractivity contribution >= 4 is 0 Å². The van der Waals surface area contributed by atoms with Gasteiger partial charge in [0.15, 0.2) is 0 Å². The molecule has 5 aliphatic carbocycles. The van der Waals surface area contributed by atoms with E-state index in [-0.39, 0.29) is 16.9 Å². The lowest BCUT2D eigenvalue weighted by atomic mass is 9.32. The summed E-state index contributed by atoms with van der Waals surface area (Å²) in [5, 5.41) is 21.5. The minimum absolute atomic E-state index is 0.0290. The minimum atomic E-state index is -0.147. The summed E-state index contributed by atoms with van der Waals surface area (Å²) in [6.07, 6.45) is 12.2. The maximum atomic E-state index is 10.9. The van der Waals surface area contributed by atoms with Crippen LogP contribution in [0, 0.1) is 56.7 Å². The second-order valence-corrected chi connectivity index (χ2v) is 14.6. The van der Waals surface area contributed by atoms with Crippen LogP contribution < -0.4 is 0 Å². The van der Waals surface area contributed by atoms with Crippen LogP contribution in [-0.2, 0) is 0 Å². The molecule has 5 aliphatic rings. The molecule has 5 saturated carbocycles. The summed E-state index contributed by atoms with van der Waals surface area (Å²) in [5.41, 5.74) is 2.60. The lowest BCUT2D eigenvalue weighted by Gasteiger charge is -2.73. The van der Waals surface area contributed by atoms with Crippen LogP contribution in [0.15, 0.2) is 12.2 Å². The summed E-state index contributed by atoms with van der Waals surface area (Å²) in [6, 6.07) is 0. The van der Waals surface area contributed by atoms with Crippen molar-refractivity contribution in [3.8, 4) is 0 Å². The third-order valence-corrected chi connectivity index (χ3v) is 13.5. The predicted octanol–water partition coefficient (Wildman–Crippen LogP) is 7.00. The first-order valence-corrected chi connectivity index (χ1v) is 13.8. The Kier molecular flexibility index (Phi) is 5.19. The van der Waals surface area contributed by atoms with Gasteiger partial charge in [0.05, 0.1) is 6.10 Å². The average Bonchev–Trinajstić information content (AvgIpc) is 3.12. The standard InChI is InChI=1S/C30H50O2/c1-19(2)20-10-15-30(18-31)17-16-28(6)21(25(20)30)8-9-23-27(5)13-12-24(32)26(3,4)22(27)11-14-29(23,28)7/h20-25,31-32H,1,8-18H2,2-7H3/t20-,21+,22-,23+,24-,25+,27-,28+,29?,30+/m0/s1. The molecule has 0 aromatic carbocycles. The van der Waals surface area contributed by atoms with Crippen LogP contribution in [0.1, 0.15) is 106 Å². The number of hydrogen-bond acceptors (Lipinski definition) is 2. The maximum Gasteiger partial charge on any atom is 0.0594 e. The number of hydrogen-bond donors (Lipinski definition) is 2. The Labute approximate surface area is 197 Å².